The van der Waals surface area contributed by atoms with Gasteiger partial charge in [0.05, 0.1) is 20.5 Å². The first-order chi connectivity index (χ1) is 14.8. The number of nitrogens with zero attached hydrogens (tertiary/aromatic N) is 1. The molecule has 1 heterocycles. The van der Waals surface area contributed by atoms with Gasteiger partial charge in [0.25, 0.3) is 11.8 Å². The second-order valence-corrected chi connectivity index (χ2v) is 8.90. The van der Waals surface area contributed by atoms with E-state index >= 15 is 0 Å². The zero-order chi connectivity index (χ0) is 22.5. The number of hydrogen-bond donors (Lipinski definition) is 2. The Kier molecular flexibility index (Phi) is 7.36. The lowest BCUT2D eigenvalue weighted by molar-refractivity contribution is 0.102. The van der Waals surface area contributed by atoms with Crippen molar-refractivity contribution in [1.82, 2.24) is 0 Å². The van der Waals surface area contributed by atoms with E-state index in [0.29, 0.717) is 26.5 Å². The first-order valence-electron chi connectivity index (χ1n) is 10.1. The van der Waals surface area contributed by atoms with Gasteiger partial charge in [-0.05, 0) is 75.7 Å². The van der Waals surface area contributed by atoms with Crippen LogP contribution in [0.15, 0.2) is 54.6 Å². The molecule has 31 heavy (non-hydrogen) atoms. The van der Waals surface area contributed by atoms with Gasteiger partial charge >= 0.3 is 0 Å². The molecule has 0 radical (unpaired) electrons. The summed E-state index contributed by atoms with van der Waals surface area (Å²) >= 11 is 7.33. The van der Waals surface area contributed by atoms with E-state index in [-0.39, 0.29) is 11.8 Å². The fourth-order valence-electron chi connectivity index (χ4n) is 3.36. The number of nitrogens with one attached hydrogen (secondary N) is 2. The molecule has 0 saturated heterocycles. The highest BCUT2D eigenvalue weighted by Gasteiger charge is 2.17. The predicted octanol–water partition coefficient (Wildman–Crippen LogP) is 6.45. The summed E-state index contributed by atoms with van der Waals surface area (Å²) in [4.78, 5) is 28.1. The Morgan fingerprint density at radius 3 is 2.32 bits per heavy atom. The van der Waals surface area contributed by atoms with Crippen LogP contribution in [-0.4, -0.2) is 24.4 Å². The largest absolute Gasteiger partial charge is 0.369 e. The van der Waals surface area contributed by atoms with Crippen LogP contribution < -0.4 is 15.5 Å². The van der Waals surface area contributed by atoms with Crippen LogP contribution in [0.1, 0.15) is 46.4 Å². The second-order valence-electron chi connectivity index (χ2n) is 7.44. The third-order valence-corrected chi connectivity index (χ3v) is 6.38. The van der Waals surface area contributed by atoms with Crippen molar-refractivity contribution in [1.29, 1.82) is 0 Å². The summed E-state index contributed by atoms with van der Waals surface area (Å²) in [6, 6.07) is 16.9. The predicted molar refractivity (Wildman–Crippen MR) is 131 cm³/mol. The van der Waals surface area contributed by atoms with Crippen molar-refractivity contribution >= 4 is 51.1 Å². The van der Waals surface area contributed by atoms with Gasteiger partial charge in [-0.1, -0.05) is 23.7 Å². The monoisotopic (exact) mass is 455 g/mol. The molecule has 3 aromatic rings. The molecule has 0 saturated carbocycles. The van der Waals surface area contributed by atoms with E-state index in [4.69, 9.17) is 11.6 Å². The van der Waals surface area contributed by atoms with Crippen LogP contribution >= 0.6 is 22.9 Å². The second kappa shape index (κ2) is 9.98. The SMILES string of the molecule is CCN(c1ccc(NC(=O)c2sc(NC(=O)c3ccccc3Cl)cc2C)cc1)C(C)C. The Morgan fingerprint density at radius 1 is 1.03 bits per heavy atom. The van der Waals surface area contributed by atoms with E-state index in [2.05, 4.69) is 36.3 Å². The minimum Gasteiger partial charge on any atom is -0.369 e. The Morgan fingerprint density at radius 2 is 1.71 bits per heavy atom. The number of carbonyl (C=O) groups excluding carboxylic acids is 2. The van der Waals surface area contributed by atoms with Gasteiger partial charge in [0.1, 0.15) is 0 Å². The molecular formula is C24H26ClN3O2S. The average molecular weight is 456 g/mol. The minimum atomic E-state index is -0.306. The summed E-state index contributed by atoms with van der Waals surface area (Å²) in [7, 11) is 0. The third kappa shape index (κ3) is 5.46. The van der Waals surface area contributed by atoms with Gasteiger partial charge in [-0.3, -0.25) is 9.59 Å². The molecule has 0 spiro atoms. The number of anilines is 3. The van der Waals surface area contributed by atoms with Gasteiger partial charge in [-0.25, -0.2) is 0 Å². The van der Waals surface area contributed by atoms with Gasteiger partial charge in [0.2, 0.25) is 0 Å². The number of benzene rings is 2. The van der Waals surface area contributed by atoms with Crippen LogP contribution in [0.2, 0.25) is 5.02 Å². The Labute approximate surface area is 192 Å². The van der Waals surface area contributed by atoms with Crippen LogP contribution in [0.4, 0.5) is 16.4 Å². The molecule has 0 aliphatic carbocycles. The number of thiophene rings is 1. The van der Waals surface area contributed by atoms with Crippen molar-refractivity contribution < 1.29 is 9.59 Å². The maximum Gasteiger partial charge on any atom is 0.266 e. The summed E-state index contributed by atoms with van der Waals surface area (Å²) < 4.78 is 0. The molecule has 2 aromatic carbocycles. The average Bonchev–Trinajstić information content (AvgIpc) is 3.10. The highest BCUT2D eigenvalue weighted by atomic mass is 35.5. The van der Waals surface area contributed by atoms with E-state index in [9.17, 15) is 9.59 Å². The molecular weight excluding hydrogens is 430 g/mol. The molecule has 1 aromatic heterocycles. The first kappa shape index (κ1) is 22.8. The van der Waals surface area contributed by atoms with Crippen LogP contribution in [0.25, 0.3) is 0 Å². The molecule has 0 unspecified atom stereocenters. The summed E-state index contributed by atoms with van der Waals surface area (Å²) in [5.41, 5.74) is 3.03. The summed E-state index contributed by atoms with van der Waals surface area (Å²) in [5.74, 6) is -0.510. The molecule has 0 atom stereocenters. The molecule has 0 aliphatic heterocycles. The summed E-state index contributed by atoms with van der Waals surface area (Å²) in [6.07, 6.45) is 0. The lowest BCUT2D eigenvalue weighted by Crippen LogP contribution is -2.30. The zero-order valence-electron chi connectivity index (χ0n) is 18.0. The molecule has 162 valence electrons. The van der Waals surface area contributed by atoms with Gasteiger partial charge in [-0.2, -0.15) is 0 Å². The van der Waals surface area contributed by atoms with E-state index in [1.165, 1.54) is 11.3 Å². The van der Waals surface area contributed by atoms with Crippen molar-refractivity contribution in [3.05, 3.63) is 75.6 Å². The summed E-state index contributed by atoms with van der Waals surface area (Å²) in [5, 5.41) is 6.74. The normalized spacial score (nSPS) is 10.8. The molecule has 3 rings (SSSR count). The molecule has 5 nitrogen and oxygen atoms in total. The zero-order valence-corrected chi connectivity index (χ0v) is 19.6. The van der Waals surface area contributed by atoms with E-state index in [1.54, 1.807) is 30.3 Å². The number of amides is 2. The summed E-state index contributed by atoms with van der Waals surface area (Å²) in [6.45, 7) is 9.20. The van der Waals surface area contributed by atoms with E-state index in [1.807, 2.05) is 31.2 Å². The number of carbonyl (C=O) groups is 2. The number of hydrogen-bond acceptors (Lipinski definition) is 4. The maximum atomic E-state index is 12.8. The van der Waals surface area contributed by atoms with Crippen molar-refractivity contribution in [2.24, 2.45) is 0 Å². The minimum absolute atomic E-state index is 0.204. The Bertz CT molecular complexity index is 1080. The van der Waals surface area contributed by atoms with Gasteiger partial charge in [-0.15, -0.1) is 11.3 Å². The van der Waals surface area contributed by atoms with Crippen molar-refractivity contribution in [2.75, 3.05) is 22.1 Å². The smallest absolute Gasteiger partial charge is 0.266 e. The molecule has 0 bridgehead atoms. The fraction of sp³-hybridized carbons (Fsp3) is 0.250. The van der Waals surface area contributed by atoms with Gasteiger partial charge in [0, 0.05) is 24.0 Å². The van der Waals surface area contributed by atoms with Crippen LogP contribution in [0.3, 0.4) is 0 Å². The number of halogens is 1. The number of rotatable bonds is 7. The van der Waals surface area contributed by atoms with Crippen molar-refractivity contribution in [2.45, 2.75) is 33.7 Å². The highest BCUT2D eigenvalue weighted by Crippen LogP contribution is 2.29. The van der Waals surface area contributed by atoms with Crippen molar-refractivity contribution in [3.63, 3.8) is 0 Å². The van der Waals surface area contributed by atoms with E-state index < -0.39 is 0 Å². The van der Waals surface area contributed by atoms with Gasteiger partial charge < -0.3 is 15.5 Å². The van der Waals surface area contributed by atoms with Gasteiger partial charge in [0.15, 0.2) is 0 Å². The van der Waals surface area contributed by atoms with Crippen LogP contribution in [0.5, 0.6) is 0 Å². The molecule has 7 heteroatoms. The van der Waals surface area contributed by atoms with Crippen molar-refractivity contribution in [3.8, 4) is 0 Å². The van der Waals surface area contributed by atoms with Crippen LogP contribution in [-0.2, 0) is 0 Å². The third-order valence-electron chi connectivity index (χ3n) is 4.90. The van der Waals surface area contributed by atoms with Crippen LogP contribution in [0, 0.1) is 6.92 Å². The fourth-order valence-corrected chi connectivity index (χ4v) is 4.55. The molecule has 2 amide bonds. The molecule has 0 aliphatic rings. The molecule has 0 fully saturated rings. The van der Waals surface area contributed by atoms with E-state index in [0.717, 1.165) is 23.5 Å². The standard InChI is InChI=1S/C24H26ClN3O2S/c1-5-28(15(2)3)18-12-10-17(11-13-18)26-24(30)22-16(4)14-21(31-22)27-23(29)19-8-6-7-9-20(19)25/h6-15H,5H2,1-4H3,(H,26,30)(H,27,29). The lowest BCUT2D eigenvalue weighted by atomic mass is 10.2. The number of aryl methyl sites for hydroxylation is 1. The topological polar surface area (TPSA) is 61.4 Å². The maximum absolute atomic E-state index is 12.8. The molecule has 2 N–H and O–H groups in total. The Balaban J connectivity index is 1.69. The lowest BCUT2D eigenvalue weighted by Gasteiger charge is -2.27. The first-order valence-corrected chi connectivity index (χ1v) is 11.3. The Hall–Kier alpha value is -2.83. The quantitative estimate of drug-likeness (QED) is 0.430. The highest BCUT2D eigenvalue weighted by molar-refractivity contribution is 7.18.